The van der Waals surface area contributed by atoms with E-state index in [4.69, 9.17) is 16.3 Å². The van der Waals surface area contributed by atoms with Crippen LogP contribution in [0.2, 0.25) is 5.02 Å². The molecule has 3 rings (SSSR count). The first-order valence-electron chi connectivity index (χ1n) is 8.98. The molecule has 0 aliphatic carbocycles. The number of benzene rings is 2. The van der Waals surface area contributed by atoms with Crippen LogP contribution in [0.15, 0.2) is 53.5 Å². The monoisotopic (exact) mass is 425 g/mol. The summed E-state index contributed by atoms with van der Waals surface area (Å²) in [5.74, 6) is -0.424. The smallest absolute Gasteiger partial charge is 0.376 e. The van der Waals surface area contributed by atoms with E-state index in [1.54, 1.807) is 24.3 Å². The Morgan fingerprint density at radius 2 is 1.97 bits per heavy atom. The molecule has 0 bridgehead atoms. The number of hydrogen-bond acceptors (Lipinski definition) is 3. The maximum Gasteiger partial charge on any atom is 0.416 e. The first-order chi connectivity index (χ1) is 13.8. The van der Waals surface area contributed by atoms with Crippen molar-refractivity contribution in [2.75, 3.05) is 18.5 Å². The van der Waals surface area contributed by atoms with Gasteiger partial charge in [-0.05, 0) is 55.3 Å². The highest BCUT2D eigenvalue weighted by atomic mass is 35.5. The summed E-state index contributed by atoms with van der Waals surface area (Å²) < 4.78 is 43.6. The highest BCUT2D eigenvalue weighted by Gasteiger charge is 2.30. The minimum absolute atomic E-state index is 0.0332. The van der Waals surface area contributed by atoms with Crippen molar-refractivity contribution in [3.63, 3.8) is 0 Å². The zero-order chi connectivity index (χ0) is 20.9. The average Bonchev–Trinajstić information content (AvgIpc) is 3.19. The van der Waals surface area contributed by atoms with Gasteiger partial charge in [-0.1, -0.05) is 17.7 Å². The fourth-order valence-electron chi connectivity index (χ4n) is 2.78. The van der Waals surface area contributed by atoms with Crippen molar-refractivity contribution >= 4 is 29.2 Å². The van der Waals surface area contributed by atoms with Crippen molar-refractivity contribution in [3.05, 3.63) is 64.7 Å². The molecule has 1 aliphatic rings. The molecule has 5 nitrogen and oxygen atoms in total. The quantitative estimate of drug-likeness (QED) is 0.549. The normalized spacial score (nSPS) is 17.2. The molecule has 2 aromatic carbocycles. The van der Waals surface area contributed by atoms with E-state index in [0.29, 0.717) is 23.9 Å². The van der Waals surface area contributed by atoms with Gasteiger partial charge in [0, 0.05) is 22.9 Å². The van der Waals surface area contributed by atoms with Gasteiger partial charge in [0.05, 0.1) is 18.2 Å². The van der Waals surface area contributed by atoms with Gasteiger partial charge in [0.25, 0.3) is 5.91 Å². The van der Waals surface area contributed by atoms with Crippen molar-refractivity contribution in [1.29, 1.82) is 0 Å². The van der Waals surface area contributed by atoms with Gasteiger partial charge in [0.2, 0.25) is 5.96 Å². The van der Waals surface area contributed by atoms with Crippen LogP contribution >= 0.6 is 11.6 Å². The fourth-order valence-corrected chi connectivity index (χ4v) is 2.98. The van der Waals surface area contributed by atoms with E-state index in [9.17, 15) is 18.0 Å². The number of aliphatic imine (C=N–C) groups is 1. The second-order valence-corrected chi connectivity index (χ2v) is 6.93. The van der Waals surface area contributed by atoms with Gasteiger partial charge in [-0.15, -0.1) is 0 Å². The first-order valence-corrected chi connectivity index (χ1v) is 9.36. The zero-order valence-electron chi connectivity index (χ0n) is 15.3. The maximum atomic E-state index is 12.7. The molecule has 0 radical (unpaired) electrons. The molecule has 9 heteroatoms. The molecule has 29 heavy (non-hydrogen) atoms. The summed E-state index contributed by atoms with van der Waals surface area (Å²) in [5.41, 5.74) is -0.134. The lowest BCUT2D eigenvalue weighted by atomic mass is 10.1. The van der Waals surface area contributed by atoms with Gasteiger partial charge in [0.1, 0.15) is 0 Å². The van der Waals surface area contributed by atoms with Crippen LogP contribution in [-0.4, -0.2) is 31.1 Å². The van der Waals surface area contributed by atoms with E-state index in [1.807, 2.05) is 0 Å². The van der Waals surface area contributed by atoms with Crippen molar-refractivity contribution in [2.24, 2.45) is 4.99 Å². The summed E-state index contributed by atoms with van der Waals surface area (Å²) in [6.45, 7) is 1.02. The summed E-state index contributed by atoms with van der Waals surface area (Å²) >= 11 is 5.98. The predicted molar refractivity (Wildman–Crippen MR) is 105 cm³/mol. The second kappa shape index (κ2) is 9.28. The number of guanidine groups is 1. The highest BCUT2D eigenvalue weighted by Crippen LogP contribution is 2.29. The molecule has 1 heterocycles. The van der Waals surface area contributed by atoms with Crippen LogP contribution in [0.3, 0.4) is 0 Å². The van der Waals surface area contributed by atoms with Crippen molar-refractivity contribution in [1.82, 2.24) is 5.32 Å². The molecule has 1 atom stereocenters. The summed E-state index contributed by atoms with van der Waals surface area (Å²) in [5, 5.41) is 6.08. The Bertz CT molecular complexity index is 879. The van der Waals surface area contributed by atoms with Crippen molar-refractivity contribution in [3.8, 4) is 0 Å². The largest absolute Gasteiger partial charge is 0.416 e. The Morgan fingerprint density at radius 1 is 1.21 bits per heavy atom. The van der Waals surface area contributed by atoms with E-state index >= 15 is 0 Å². The predicted octanol–water partition coefficient (Wildman–Crippen LogP) is 4.74. The van der Waals surface area contributed by atoms with Crippen molar-refractivity contribution in [2.45, 2.75) is 25.1 Å². The van der Waals surface area contributed by atoms with Crippen LogP contribution in [0.25, 0.3) is 0 Å². The van der Waals surface area contributed by atoms with Crippen LogP contribution in [0, 0.1) is 0 Å². The van der Waals surface area contributed by atoms with Crippen molar-refractivity contribution < 1.29 is 22.7 Å². The van der Waals surface area contributed by atoms with Crippen LogP contribution < -0.4 is 10.6 Å². The molecule has 0 saturated carbocycles. The van der Waals surface area contributed by atoms with Gasteiger partial charge in [0.15, 0.2) is 0 Å². The number of halogens is 4. The molecular weight excluding hydrogens is 407 g/mol. The van der Waals surface area contributed by atoms with Gasteiger partial charge in [-0.3, -0.25) is 10.1 Å². The number of carbonyl (C=O) groups excluding carboxylic acids is 1. The van der Waals surface area contributed by atoms with Gasteiger partial charge >= 0.3 is 6.18 Å². The Balaban J connectivity index is 1.74. The number of nitrogens with one attached hydrogen (secondary N) is 2. The van der Waals surface area contributed by atoms with Crippen LogP contribution in [0.4, 0.5) is 18.9 Å². The van der Waals surface area contributed by atoms with E-state index < -0.39 is 17.6 Å². The number of amides is 1. The van der Waals surface area contributed by atoms with E-state index in [2.05, 4.69) is 15.6 Å². The van der Waals surface area contributed by atoms with Gasteiger partial charge < -0.3 is 10.1 Å². The van der Waals surface area contributed by atoms with E-state index in [0.717, 1.165) is 37.1 Å². The molecule has 2 aromatic rings. The summed E-state index contributed by atoms with van der Waals surface area (Å²) in [6, 6.07) is 10.8. The molecule has 2 N–H and O–H groups in total. The molecule has 154 valence electrons. The lowest BCUT2D eigenvalue weighted by Gasteiger charge is -2.14. The maximum absolute atomic E-state index is 12.7. The lowest BCUT2D eigenvalue weighted by Crippen LogP contribution is -2.36. The number of nitrogens with zero attached hydrogens (tertiary/aromatic N) is 1. The number of anilines is 1. The van der Waals surface area contributed by atoms with E-state index in [-0.39, 0.29) is 17.6 Å². The topological polar surface area (TPSA) is 62.7 Å². The Labute approximate surface area is 170 Å². The SMILES string of the molecule is O=C(NC(=NC[C@H]1CCCO1)Nc1cccc(Cl)c1)c1ccc(C(F)(F)F)cc1. The van der Waals surface area contributed by atoms with Crippen LogP contribution in [0.5, 0.6) is 0 Å². The zero-order valence-corrected chi connectivity index (χ0v) is 16.1. The molecule has 0 aromatic heterocycles. The molecule has 0 spiro atoms. The van der Waals surface area contributed by atoms with Crippen LogP contribution in [-0.2, 0) is 10.9 Å². The third-order valence-electron chi connectivity index (χ3n) is 4.27. The number of alkyl halides is 3. The lowest BCUT2D eigenvalue weighted by molar-refractivity contribution is -0.137. The number of hydrogen-bond donors (Lipinski definition) is 2. The minimum atomic E-state index is -4.46. The average molecular weight is 426 g/mol. The molecular formula is C20H19ClF3N3O2. The fraction of sp³-hybridized carbons (Fsp3) is 0.300. The standard InChI is InChI=1S/C20H19ClF3N3O2/c21-15-3-1-4-16(11-15)26-19(25-12-17-5-2-10-29-17)27-18(28)13-6-8-14(9-7-13)20(22,23)24/h1,3-4,6-9,11,17H,2,5,10,12H2,(H2,25,26,27,28)/t17-/m1/s1. The van der Waals surface area contributed by atoms with Gasteiger partial charge in [-0.25, -0.2) is 4.99 Å². The molecule has 1 fully saturated rings. The first kappa shape index (κ1) is 21.1. The summed E-state index contributed by atoms with van der Waals surface area (Å²) in [7, 11) is 0. The Hall–Kier alpha value is -2.58. The molecule has 1 aliphatic heterocycles. The summed E-state index contributed by atoms with van der Waals surface area (Å²) in [6.07, 6.45) is -2.67. The number of rotatable bonds is 4. The number of ether oxygens (including phenoxy) is 1. The number of carbonyl (C=O) groups is 1. The second-order valence-electron chi connectivity index (χ2n) is 6.49. The highest BCUT2D eigenvalue weighted by molar-refractivity contribution is 6.31. The summed E-state index contributed by atoms with van der Waals surface area (Å²) in [4.78, 5) is 16.9. The minimum Gasteiger partial charge on any atom is -0.376 e. The molecule has 1 saturated heterocycles. The Kier molecular flexibility index (Phi) is 6.76. The van der Waals surface area contributed by atoms with E-state index in [1.165, 1.54) is 0 Å². The third kappa shape index (κ3) is 6.20. The van der Waals surface area contributed by atoms with Gasteiger partial charge in [-0.2, -0.15) is 13.2 Å². The molecule has 0 unspecified atom stereocenters. The molecule has 1 amide bonds. The third-order valence-corrected chi connectivity index (χ3v) is 4.51. The van der Waals surface area contributed by atoms with Crippen LogP contribution in [0.1, 0.15) is 28.8 Å². The Morgan fingerprint density at radius 3 is 2.59 bits per heavy atom.